The molecule has 3 aliphatic rings. The molecule has 0 bridgehead atoms. The Kier molecular flexibility index (Phi) is 10.7. The molecule has 3 heterocycles. The number of carbonyl (C=O) groups is 3. The molecule has 1 aromatic rings. The number of carboxylic acid groups (broad SMARTS) is 1. The van der Waals surface area contributed by atoms with Crippen molar-refractivity contribution in [3.8, 4) is 17.2 Å². The number of carboxylic acids is 1. The van der Waals surface area contributed by atoms with Crippen LogP contribution in [0, 0.1) is 5.92 Å². The zero-order valence-corrected chi connectivity index (χ0v) is 26.7. The number of fused-ring (bicyclic) bond motifs is 1. The standard InChI is InChI=1S/C31H49N5O7/c1-7-8-11-33(12-9-16-36(3,4)5)27(37)20-35-19-23(22-17-25(41-6)29-26(18-22)42-21-43-29)28(30(38)39)24(35)10-13-34-15-14-32(2)31(34)40/h17-18,23-24,28H,7-16,19-21H2,1-6H3/p+1/t23-,24+,28?/m1/s1. The van der Waals surface area contributed by atoms with Crippen LogP contribution in [0.2, 0.25) is 0 Å². The van der Waals surface area contributed by atoms with Crippen LogP contribution in [0.3, 0.4) is 0 Å². The van der Waals surface area contributed by atoms with E-state index < -0.39 is 23.8 Å². The van der Waals surface area contributed by atoms with Gasteiger partial charge in [-0.15, -0.1) is 0 Å². The van der Waals surface area contributed by atoms with Gasteiger partial charge in [-0.05, 0) is 30.5 Å². The summed E-state index contributed by atoms with van der Waals surface area (Å²) in [6.07, 6.45) is 3.25. The van der Waals surface area contributed by atoms with Crippen LogP contribution < -0.4 is 14.2 Å². The molecule has 0 saturated carbocycles. The van der Waals surface area contributed by atoms with Crippen LogP contribution in [-0.4, -0.2) is 148 Å². The molecule has 4 rings (SSSR count). The number of aliphatic carboxylic acids is 1. The number of urea groups is 1. The van der Waals surface area contributed by atoms with E-state index in [1.54, 1.807) is 24.0 Å². The largest absolute Gasteiger partial charge is 0.493 e. The zero-order chi connectivity index (χ0) is 31.3. The number of likely N-dealkylation sites (tertiary alicyclic amines) is 1. The molecule has 0 aliphatic carbocycles. The number of benzene rings is 1. The highest BCUT2D eigenvalue weighted by Crippen LogP contribution is 2.47. The molecule has 3 amide bonds. The minimum Gasteiger partial charge on any atom is -0.493 e. The van der Waals surface area contributed by atoms with Gasteiger partial charge in [-0.25, -0.2) is 4.79 Å². The van der Waals surface area contributed by atoms with E-state index in [0.717, 1.165) is 35.9 Å². The molecular formula is C31H50N5O7+. The summed E-state index contributed by atoms with van der Waals surface area (Å²) in [5.74, 6) is -0.556. The summed E-state index contributed by atoms with van der Waals surface area (Å²) < 4.78 is 17.6. The van der Waals surface area contributed by atoms with E-state index in [4.69, 9.17) is 14.2 Å². The predicted octanol–water partition coefficient (Wildman–Crippen LogP) is 2.38. The van der Waals surface area contributed by atoms with E-state index in [2.05, 4.69) is 28.1 Å². The maximum atomic E-state index is 13.8. The first-order chi connectivity index (χ1) is 20.4. The van der Waals surface area contributed by atoms with E-state index in [1.807, 2.05) is 21.9 Å². The van der Waals surface area contributed by atoms with Crippen LogP contribution in [0.5, 0.6) is 17.2 Å². The Morgan fingerprint density at radius 2 is 1.88 bits per heavy atom. The van der Waals surface area contributed by atoms with Gasteiger partial charge in [0, 0.05) is 64.7 Å². The second-order valence-corrected chi connectivity index (χ2v) is 13.0. The molecule has 1 aromatic carbocycles. The first-order valence-corrected chi connectivity index (χ1v) is 15.5. The van der Waals surface area contributed by atoms with Crippen molar-refractivity contribution in [2.24, 2.45) is 5.92 Å². The fraction of sp³-hybridized carbons (Fsp3) is 0.710. The van der Waals surface area contributed by atoms with E-state index >= 15 is 0 Å². The van der Waals surface area contributed by atoms with E-state index in [-0.39, 0.29) is 25.3 Å². The van der Waals surface area contributed by atoms with Crippen molar-refractivity contribution in [1.82, 2.24) is 19.6 Å². The van der Waals surface area contributed by atoms with Gasteiger partial charge < -0.3 is 38.5 Å². The number of unbranched alkanes of at least 4 members (excludes halogenated alkanes) is 1. The first kappa shape index (κ1) is 32.7. The molecule has 1 unspecified atom stereocenters. The van der Waals surface area contributed by atoms with Gasteiger partial charge >= 0.3 is 12.0 Å². The van der Waals surface area contributed by atoms with Gasteiger partial charge in [-0.3, -0.25) is 14.5 Å². The van der Waals surface area contributed by atoms with Crippen molar-refractivity contribution in [3.63, 3.8) is 0 Å². The molecule has 43 heavy (non-hydrogen) atoms. The number of quaternary nitrogens is 1. The van der Waals surface area contributed by atoms with E-state index in [1.165, 1.54) is 0 Å². The van der Waals surface area contributed by atoms with Gasteiger partial charge in [0.1, 0.15) is 0 Å². The molecule has 12 heteroatoms. The molecule has 0 aromatic heterocycles. The monoisotopic (exact) mass is 604 g/mol. The van der Waals surface area contributed by atoms with Gasteiger partial charge in [0.05, 0.1) is 47.3 Å². The highest BCUT2D eigenvalue weighted by Gasteiger charge is 2.48. The van der Waals surface area contributed by atoms with Crippen molar-refractivity contribution < 1.29 is 38.2 Å². The molecule has 3 aliphatic heterocycles. The number of hydrogen-bond acceptors (Lipinski definition) is 7. The lowest BCUT2D eigenvalue weighted by atomic mass is 9.84. The fourth-order valence-electron chi connectivity index (χ4n) is 6.47. The molecule has 2 saturated heterocycles. The molecule has 2 fully saturated rings. The Morgan fingerprint density at radius 3 is 2.51 bits per heavy atom. The first-order valence-electron chi connectivity index (χ1n) is 15.5. The topological polar surface area (TPSA) is 112 Å². The summed E-state index contributed by atoms with van der Waals surface area (Å²) in [6.45, 7) is 6.72. The van der Waals surface area contributed by atoms with Crippen molar-refractivity contribution in [2.75, 3.05) is 94.5 Å². The number of hydrogen-bond donors (Lipinski definition) is 1. The molecule has 1 N–H and O–H groups in total. The number of carbonyl (C=O) groups excluding carboxylic acids is 2. The van der Waals surface area contributed by atoms with Crippen LogP contribution >= 0.6 is 0 Å². The van der Waals surface area contributed by atoms with Crippen molar-refractivity contribution in [1.29, 1.82) is 0 Å². The average molecular weight is 605 g/mol. The summed E-state index contributed by atoms with van der Waals surface area (Å²) in [7, 11) is 9.76. The van der Waals surface area contributed by atoms with Gasteiger partial charge in [0.2, 0.25) is 18.4 Å². The average Bonchev–Trinajstić information content (AvgIpc) is 3.65. The second kappa shape index (κ2) is 14.0. The molecule has 240 valence electrons. The minimum absolute atomic E-state index is 0.0184. The Morgan fingerprint density at radius 1 is 1.14 bits per heavy atom. The van der Waals surface area contributed by atoms with Crippen LogP contribution in [0.4, 0.5) is 4.79 Å². The highest BCUT2D eigenvalue weighted by atomic mass is 16.7. The van der Waals surface area contributed by atoms with Crippen LogP contribution in [-0.2, 0) is 9.59 Å². The number of ether oxygens (including phenoxy) is 3. The fourth-order valence-corrected chi connectivity index (χ4v) is 6.47. The van der Waals surface area contributed by atoms with Gasteiger partial charge in [0.15, 0.2) is 11.5 Å². The third kappa shape index (κ3) is 7.83. The third-order valence-corrected chi connectivity index (χ3v) is 8.87. The van der Waals surface area contributed by atoms with Gasteiger partial charge in [-0.2, -0.15) is 0 Å². The molecule has 0 radical (unpaired) electrons. The number of rotatable bonds is 15. The number of nitrogens with zero attached hydrogens (tertiary/aromatic N) is 5. The number of likely N-dealkylation sites (N-methyl/N-ethyl adjacent to an activating group) is 1. The zero-order valence-electron chi connectivity index (χ0n) is 26.7. The molecule has 0 spiro atoms. The summed E-state index contributed by atoms with van der Waals surface area (Å²) in [4.78, 5) is 46.8. The lowest BCUT2D eigenvalue weighted by molar-refractivity contribution is -0.870. The Balaban J connectivity index is 1.60. The summed E-state index contributed by atoms with van der Waals surface area (Å²) >= 11 is 0. The lowest BCUT2D eigenvalue weighted by Gasteiger charge is -2.31. The predicted molar refractivity (Wildman–Crippen MR) is 162 cm³/mol. The van der Waals surface area contributed by atoms with Crippen molar-refractivity contribution in [2.45, 2.75) is 44.6 Å². The summed E-state index contributed by atoms with van der Waals surface area (Å²) in [5, 5.41) is 10.6. The van der Waals surface area contributed by atoms with Crippen molar-refractivity contribution in [3.05, 3.63) is 17.7 Å². The highest BCUT2D eigenvalue weighted by molar-refractivity contribution is 5.79. The van der Waals surface area contributed by atoms with Crippen LogP contribution in [0.25, 0.3) is 0 Å². The quantitative estimate of drug-likeness (QED) is 0.304. The normalized spacial score (nSPS) is 22.0. The third-order valence-electron chi connectivity index (χ3n) is 8.87. The molecule has 12 nitrogen and oxygen atoms in total. The molecule has 3 atom stereocenters. The van der Waals surface area contributed by atoms with E-state index in [0.29, 0.717) is 62.9 Å². The Hall–Kier alpha value is -3.25. The maximum absolute atomic E-state index is 13.8. The second-order valence-electron chi connectivity index (χ2n) is 13.0. The van der Waals surface area contributed by atoms with E-state index in [9.17, 15) is 19.5 Å². The Bertz CT molecular complexity index is 1160. The SMILES string of the molecule is CCCCN(CCC[N+](C)(C)C)C(=O)CN1C[C@H](c2cc(OC)c3c(c2)OCO3)C(C(=O)O)[C@@H]1CCN1CCN(C)C1=O. The van der Waals surface area contributed by atoms with Gasteiger partial charge in [0.25, 0.3) is 0 Å². The van der Waals surface area contributed by atoms with Gasteiger partial charge in [-0.1, -0.05) is 13.3 Å². The van der Waals surface area contributed by atoms with Crippen LogP contribution in [0.1, 0.15) is 44.1 Å². The molecular weight excluding hydrogens is 554 g/mol. The summed E-state index contributed by atoms with van der Waals surface area (Å²) in [5.41, 5.74) is 0.774. The smallest absolute Gasteiger partial charge is 0.319 e. The summed E-state index contributed by atoms with van der Waals surface area (Å²) in [6, 6.07) is 3.19. The number of methoxy groups -OCH3 is 1. The number of amides is 3. The minimum atomic E-state index is -0.919. The Labute approximate surface area is 255 Å². The maximum Gasteiger partial charge on any atom is 0.319 e. The van der Waals surface area contributed by atoms with Crippen LogP contribution in [0.15, 0.2) is 12.1 Å². The lowest BCUT2D eigenvalue weighted by Crippen LogP contribution is -2.46. The van der Waals surface area contributed by atoms with Crippen molar-refractivity contribution >= 4 is 17.9 Å².